The molecule has 3 aromatic carbocycles. The molecular weight excluding hydrogens is 639 g/mol. The molecule has 43 heavy (non-hydrogen) atoms. The van der Waals surface area contributed by atoms with Crippen LogP contribution in [0.25, 0.3) is 15.9 Å². The van der Waals surface area contributed by atoms with E-state index in [0.717, 1.165) is 24.4 Å². The fourth-order valence-electron chi connectivity index (χ4n) is 5.20. The summed E-state index contributed by atoms with van der Waals surface area (Å²) < 4.78 is 36.9. The predicted octanol–water partition coefficient (Wildman–Crippen LogP) is 7.52. The standard InChI is InChI=1S/C35H38N2O3S2Se/c1-4-28(17-19-35-37(22-20-29-12-6-5-7-13-29)30-14-8-9-15-33(30)43-35)16-18-34-36(21-10-11-23-42(38,39)40)31-24-26(2)27(3)25-32(31)41-34/h5-9,12-19,24-25H,4,10-11,20-23H2,1-3H3/p+1. The zero-order valence-electron chi connectivity index (χ0n) is 25.0. The van der Waals surface area contributed by atoms with Gasteiger partial charge in [0.1, 0.15) is 0 Å². The molecule has 2 heterocycles. The van der Waals surface area contributed by atoms with Gasteiger partial charge < -0.3 is 0 Å². The molecule has 0 aliphatic carbocycles. The minimum atomic E-state index is -3.94. The molecule has 0 saturated heterocycles. The van der Waals surface area contributed by atoms with Crippen molar-refractivity contribution in [2.75, 3.05) is 17.2 Å². The molecule has 5 rings (SSSR count). The predicted molar refractivity (Wildman–Crippen MR) is 181 cm³/mol. The van der Waals surface area contributed by atoms with Gasteiger partial charge in [0.2, 0.25) is 0 Å². The number of nitrogens with zero attached hydrogens (tertiary/aromatic N) is 2. The first-order valence-corrected chi connectivity index (χ1v) is 18.9. The minimum absolute atomic E-state index is 0.204. The number of unbranched alkanes of at least 4 members (excludes halogenated alkanes) is 1. The van der Waals surface area contributed by atoms with E-state index in [-0.39, 0.29) is 20.3 Å². The second-order valence-corrected chi connectivity index (χ2v) is 15.7. The quantitative estimate of drug-likeness (QED) is 0.0553. The number of aromatic nitrogens is 1. The monoisotopic (exact) mass is 679 g/mol. The van der Waals surface area contributed by atoms with Crippen molar-refractivity contribution in [3.63, 3.8) is 0 Å². The fourth-order valence-corrected chi connectivity index (χ4v) is 9.23. The number of anilines is 1. The van der Waals surface area contributed by atoms with Crippen molar-refractivity contribution >= 4 is 57.9 Å². The summed E-state index contributed by atoms with van der Waals surface area (Å²) in [4.78, 5) is 3.52. The Labute approximate surface area is 266 Å². The van der Waals surface area contributed by atoms with Crippen LogP contribution in [-0.4, -0.2) is 39.8 Å². The Balaban J connectivity index is 1.39. The SMILES string of the molecule is CCC(=C/C=C1\Sc2cc(C)c(C)cc2N1CCCCS(=O)(=O)O)/C=C/c1[se]c2ccccc2[n+]1CCc1ccccc1. The molecule has 0 bridgehead atoms. The number of hydrogen-bond acceptors (Lipinski definition) is 4. The van der Waals surface area contributed by atoms with Crippen molar-refractivity contribution in [1.82, 2.24) is 0 Å². The van der Waals surface area contributed by atoms with Gasteiger partial charge in [0, 0.05) is 0 Å². The average molecular weight is 679 g/mol. The number of hydrogen-bond donors (Lipinski definition) is 1. The van der Waals surface area contributed by atoms with Crippen molar-refractivity contribution in [3.8, 4) is 0 Å². The van der Waals surface area contributed by atoms with Gasteiger partial charge in [0.25, 0.3) is 10.1 Å². The normalized spacial score (nSPS) is 14.8. The number of para-hydroxylation sites is 1. The van der Waals surface area contributed by atoms with E-state index in [1.165, 1.54) is 47.2 Å². The number of aryl methyl sites for hydroxylation is 4. The second kappa shape index (κ2) is 14.3. The van der Waals surface area contributed by atoms with Crippen molar-refractivity contribution in [2.45, 2.75) is 57.9 Å². The maximum absolute atomic E-state index is 11.2. The van der Waals surface area contributed by atoms with E-state index in [4.69, 9.17) is 4.55 Å². The van der Waals surface area contributed by atoms with Gasteiger partial charge in [0.05, 0.1) is 0 Å². The van der Waals surface area contributed by atoms with Crippen molar-refractivity contribution in [2.24, 2.45) is 0 Å². The first-order chi connectivity index (χ1) is 20.7. The van der Waals surface area contributed by atoms with E-state index in [0.29, 0.717) is 19.4 Å². The van der Waals surface area contributed by atoms with Gasteiger partial charge in [-0.3, -0.25) is 4.55 Å². The van der Waals surface area contributed by atoms with E-state index in [1.54, 1.807) is 11.8 Å². The summed E-state index contributed by atoms with van der Waals surface area (Å²) in [6.07, 6.45) is 12.0. The summed E-state index contributed by atoms with van der Waals surface area (Å²) in [5.41, 5.74) is 7.61. The van der Waals surface area contributed by atoms with Crippen LogP contribution in [0, 0.1) is 13.8 Å². The Kier molecular flexibility index (Phi) is 10.5. The first-order valence-electron chi connectivity index (χ1n) is 14.8. The van der Waals surface area contributed by atoms with E-state index >= 15 is 0 Å². The summed E-state index contributed by atoms with van der Waals surface area (Å²) in [5, 5.41) is 1.14. The molecule has 8 heteroatoms. The van der Waals surface area contributed by atoms with E-state index in [1.807, 2.05) is 0 Å². The molecule has 1 aliphatic heterocycles. The van der Waals surface area contributed by atoms with Crippen LogP contribution < -0.4 is 9.47 Å². The average Bonchev–Trinajstić information content (AvgIpc) is 3.51. The maximum atomic E-state index is 11.2. The Morgan fingerprint density at radius 1 is 1.02 bits per heavy atom. The van der Waals surface area contributed by atoms with Crippen molar-refractivity contribution < 1.29 is 17.5 Å². The molecule has 0 radical (unpaired) electrons. The van der Waals surface area contributed by atoms with E-state index in [2.05, 4.69) is 121 Å². The van der Waals surface area contributed by atoms with Crippen LogP contribution in [0.2, 0.25) is 0 Å². The Morgan fingerprint density at radius 3 is 2.53 bits per heavy atom. The third-order valence-electron chi connectivity index (χ3n) is 7.77. The summed E-state index contributed by atoms with van der Waals surface area (Å²) in [6, 6.07) is 23.9. The molecule has 0 saturated carbocycles. The van der Waals surface area contributed by atoms with E-state index in [9.17, 15) is 8.42 Å². The number of rotatable bonds is 12. The van der Waals surface area contributed by atoms with Crippen LogP contribution in [0.5, 0.6) is 0 Å². The molecule has 0 fully saturated rings. The van der Waals surface area contributed by atoms with Crippen LogP contribution in [0.1, 0.15) is 47.4 Å². The second-order valence-electron chi connectivity index (χ2n) is 10.9. The number of fused-ring (bicyclic) bond motifs is 2. The van der Waals surface area contributed by atoms with Gasteiger partial charge in [0.15, 0.2) is 0 Å². The summed E-state index contributed by atoms with van der Waals surface area (Å²) in [5.74, 6) is -0.204. The Hall–Kier alpha value is -2.87. The van der Waals surface area contributed by atoms with Crippen molar-refractivity contribution in [1.29, 1.82) is 0 Å². The van der Waals surface area contributed by atoms with Crippen molar-refractivity contribution in [3.05, 3.63) is 117 Å². The van der Waals surface area contributed by atoms with Gasteiger partial charge >= 0.3 is 244 Å². The third kappa shape index (κ3) is 8.20. The zero-order valence-corrected chi connectivity index (χ0v) is 28.3. The van der Waals surface area contributed by atoms with Gasteiger partial charge in [-0.2, -0.15) is 8.42 Å². The topological polar surface area (TPSA) is 61.5 Å². The molecule has 0 unspecified atom stereocenters. The first kappa shape index (κ1) is 31.6. The van der Waals surface area contributed by atoms with Gasteiger partial charge in [-0.05, 0) is 0 Å². The molecule has 1 aromatic heterocycles. The van der Waals surface area contributed by atoms with Gasteiger partial charge in [-0.25, -0.2) is 0 Å². The molecule has 0 spiro atoms. The molecule has 5 nitrogen and oxygen atoms in total. The molecule has 0 amide bonds. The molecule has 0 atom stereocenters. The molecule has 1 N–H and O–H groups in total. The Bertz CT molecular complexity index is 1790. The van der Waals surface area contributed by atoms with Crippen LogP contribution >= 0.6 is 11.8 Å². The number of allylic oxidation sites excluding steroid dienone is 4. The zero-order chi connectivity index (χ0) is 30.4. The molecular formula is C35H39N2O3S2Se+. The van der Waals surface area contributed by atoms with E-state index < -0.39 is 10.1 Å². The van der Waals surface area contributed by atoms with Gasteiger partial charge in [-0.1, -0.05) is 0 Å². The molecule has 224 valence electrons. The third-order valence-corrected chi connectivity index (χ3v) is 12.1. The van der Waals surface area contributed by atoms with Gasteiger partial charge in [-0.15, -0.1) is 0 Å². The van der Waals surface area contributed by atoms with Crippen LogP contribution in [0.15, 0.2) is 100 Å². The molecule has 4 aromatic rings. The van der Waals surface area contributed by atoms with Crippen LogP contribution in [0.3, 0.4) is 0 Å². The summed E-state index contributed by atoms with van der Waals surface area (Å²) in [7, 11) is -3.94. The van der Waals surface area contributed by atoms with Crippen LogP contribution in [0.4, 0.5) is 5.69 Å². The number of thioether (sulfide) groups is 1. The molecule has 1 aliphatic rings. The fraction of sp³-hybridized carbons (Fsp3) is 0.286. The van der Waals surface area contributed by atoms with Crippen LogP contribution in [-0.2, 0) is 23.1 Å². The summed E-state index contributed by atoms with van der Waals surface area (Å²) in [6.45, 7) is 8.11. The summed E-state index contributed by atoms with van der Waals surface area (Å²) >= 11 is 2.03. The Morgan fingerprint density at radius 2 is 1.77 bits per heavy atom. The number of benzene rings is 3.